The molecule has 1 amide bonds. The number of hydrogen-bond donors (Lipinski definition) is 1. The Morgan fingerprint density at radius 1 is 1.71 bits per heavy atom. The van der Waals surface area contributed by atoms with Crippen LogP contribution in [0.1, 0.15) is 12.8 Å². The van der Waals surface area contributed by atoms with Crippen LogP contribution in [-0.2, 0) is 0 Å². The third-order valence-electron chi connectivity index (χ3n) is 1.43. The molecule has 0 unspecified atom stereocenters. The largest absolute Gasteiger partial charge is 1.00 e. The van der Waals surface area contributed by atoms with Crippen LogP contribution in [0.2, 0.25) is 0 Å². The zero-order valence-corrected chi connectivity index (χ0v) is 9.72. The summed E-state index contributed by atoms with van der Waals surface area (Å²) in [6.07, 6.45) is 2.79. The van der Waals surface area contributed by atoms with Gasteiger partial charge in [0.15, 0.2) is 0 Å². The van der Waals surface area contributed by atoms with Crippen molar-refractivity contribution >= 4 is 17.9 Å². The normalized spacial score (nSPS) is 8.93. The standard InChI is InChI=1S/C9H16NO2S.Li/c1-3-7-13-8-5-4-6-10(2)9(11)12;/h3,6H,1,4-5,7-8H2,2H3,(H,11,12);/q-1;+1. The SMILES string of the molecule is C=CCSCCC[CH-]N(C)C(=O)O.[Li+]. The molecule has 0 heterocycles. The minimum atomic E-state index is -0.904. The Kier molecular flexibility index (Phi) is 12.9. The van der Waals surface area contributed by atoms with Gasteiger partial charge in [0.1, 0.15) is 0 Å². The second-order valence-corrected chi connectivity index (χ2v) is 3.73. The van der Waals surface area contributed by atoms with E-state index in [0.717, 1.165) is 24.3 Å². The van der Waals surface area contributed by atoms with Gasteiger partial charge in [-0.2, -0.15) is 18.2 Å². The topological polar surface area (TPSA) is 40.5 Å². The Balaban J connectivity index is 0. The van der Waals surface area contributed by atoms with Crippen LogP contribution < -0.4 is 18.9 Å². The Morgan fingerprint density at radius 2 is 2.36 bits per heavy atom. The van der Waals surface area contributed by atoms with E-state index in [1.165, 1.54) is 4.90 Å². The number of carboxylic acid groups (broad SMARTS) is 1. The van der Waals surface area contributed by atoms with E-state index >= 15 is 0 Å². The summed E-state index contributed by atoms with van der Waals surface area (Å²) < 4.78 is 0. The first-order valence-corrected chi connectivity index (χ1v) is 5.31. The number of carbonyl (C=O) groups is 1. The van der Waals surface area contributed by atoms with Gasteiger partial charge < -0.3 is 10.0 Å². The number of amides is 1. The minimum absolute atomic E-state index is 0. The van der Waals surface area contributed by atoms with Gasteiger partial charge in [0.25, 0.3) is 0 Å². The number of unbranched alkanes of at least 4 members (excludes halogenated alkanes) is 1. The molecule has 0 aromatic rings. The molecule has 0 aromatic carbocycles. The molecule has 0 saturated heterocycles. The molecule has 0 atom stereocenters. The molecular formula is C9H16LiNO2S. The van der Waals surface area contributed by atoms with Crippen molar-refractivity contribution in [2.75, 3.05) is 18.6 Å². The predicted molar refractivity (Wildman–Crippen MR) is 56.8 cm³/mol. The van der Waals surface area contributed by atoms with Gasteiger partial charge in [-0.05, 0) is 12.8 Å². The molecule has 0 fully saturated rings. The smallest absolute Gasteiger partial charge is 0.467 e. The molecular weight excluding hydrogens is 193 g/mol. The van der Waals surface area contributed by atoms with Gasteiger partial charge in [0.2, 0.25) is 0 Å². The average molecular weight is 209 g/mol. The molecule has 0 spiro atoms. The Hall–Kier alpha value is -0.0426. The van der Waals surface area contributed by atoms with Gasteiger partial charge in [-0.25, -0.2) is 11.3 Å². The molecule has 3 nitrogen and oxygen atoms in total. The Bertz CT molecular complexity index is 167. The number of thioether (sulfide) groups is 1. The summed E-state index contributed by atoms with van der Waals surface area (Å²) >= 11 is 1.81. The van der Waals surface area contributed by atoms with Crippen molar-refractivity contribution < 1.29 is 28.8 Å². The fourth-order valence-electron chi connectivity index (χ4n) is 0.715. The molecule has 0 aliphatic heterocycles. The number of hydrogen-bond acceptors (Lipinski definition) is 2. The maximum Gasteiger partial charge on any atom is 1.00 e. The number of rotatable bonds is 7. The van der Waals surface area contributed by atoms with Crippen molar-refractivity contribution in [1.29, 1.82) is 0 Å². The molecule has 76 valence electrons. The Labute approximate surface area is 102 Å². The van der Waals surface area contributed by atoms with Crippen LogP contribution >= 0.6 is 11.8 Å². The van der Waals surface area contributed by atoms with E-state index in [2.05, 4.69) is 6.58 Å². The van der Waals surface area contributed by atoms with Crippen LogP contribution in [0.25, 0.3) is 0 Å². The summed E-state index contributed by atoms with van der Waals surface area (Å²) in [5.74, 6) is 2.02. The van der Waals surface area contributed by atoms with Crippen molar-refractivity contribution in [3.63, 3.8) is 0 Å². The van der Waals surface area contributed by atoms with E-state index in [1.54, 1.807) is 13.6 Å². The molecule has 14 heavy (non-hydrogen) atoms. The van der Waals surface area contributed by atoms with Crippen LogP contribution in [0.5, 0.6) is 0 Å². The third kappa shape index (κ3) is 10.0. The van der Waals surface area contributed by atoms with E-state index in [4.69, 9.17) is 5.11 Å². The second kappa shape index (κ2) is 11.0. The van der Waals surface area contributed by atoms with Gasteiger partial charge in [0.05, 0.1) is 0 Å². The zero-order chi connectivity index (χ0) is 10.1. The first kappa shape index (κ1) is 16.4. The fraction of sp³-hybridized carbons (Fsp3) is 0.556. The Morgan fingerprint density at radius 3 is 2.86 bits per heavy atom. The van der Waals surface area contributed by atoms with Gasteiger partial charge in [-0.15, -0.1) is 6.58 Å². The fourth-order valence-corrected chi connectivity index (χ4v) is 1.42. The molecule has 5 heteroatoms. The molecule has 0 aliphatic rings. The summed E-state index contributed by atoms with van der Waals surface area (Å²) in [7, 11) is 1.54. The van der Waals surface area contributed by atoms with Gasteiger partial charge in [-0.3, -0.25) is 0 Å². The van der Waals surface area contributed by atoms with Gasteiger partial charge in [0, 0.05) is 5.75 Å². The molecule has 0 bridgehead atoms. The zero-order valence-electron chi connectivity index (χ0n) is 8.90. The van der Waals surface area contributed by atoms with Crippen LogP contribution in [0.15, 0.2) is 12.7 Å². The molecule has 0 saturated carbocycles. The van der Waals surface area contributed by atoms with Crippen molar-refractivity contribution in [2.45, 2.75) is 12.8 Å². The monoisotopic (exact) mass is 209 g/mol. The van der Waals surface area contributed by atoms with Crippen LogP contribution in [0.4, 0.5) is 4.79 Å². The van der Waals surface area contributed by atoms with Crippen molar-refractivity contribution in [1.82, 2.24) is 4.90 Å². The summed E-state index contributed by atoms with van der Waals surface area (Å²) in [5.41, 5.74) is 0. The second-order valence-electron chi connectivity index (χ2n) is 2.58. The van der Waals surface area contributed by atoms with E-state index < -0.39 is 6.09 Å². The third-order valence-corrected chi connectivity index (χ3v) is 2.48. The summed E-state index contributed by atoms with van der Waals surface area (Å²) in [4.78, 5) is 11.5. The first-order valence-electron chi connectivity index (χ1n) is 4.16. The van der Waals surface area contributed by atoms with Crippen molar-refractivity contribution in [2.24, 2.45) is 0 Å². The molecule has 0 rings (SSSR count). The van der Waals surface area contributed by atoms with E-state index in [0.29, 0.717) is 0 Å². The van der Waals surface area contributed by atoms with E-state index in [-0.39, 0.29) is 18.9 Å². The van der Waals surface area contributed by atoms with Crippen molar-refractivity contribution in [3.05, 3.63) is 19.2 Å². The minimum Gasteiger partial charge on any atom is -0.467 e. The first-order chi connectivity index (χ1) is 6.18. The van der Waals surface area contributed by atoms with Gasteiger partial charge >= 0.3 is 25.0 Å². The maximum atomic E-state index is 10.3. The summed E-state index contributed by atoms with van der Waals surface area (Å²) in [6.45, 7) is 5.31. The predicted octanol–water partition coefficient (Wildman–Crippen LogP) is -0.539. The quantitative estimate of drug-likeness (QED) is 0.265. The summed E-state index contributed by atoms with van der Waals surface area (Å²) in [5, 5.41) is 8.50. The molecule has 0 radical (unpaired) electrons. The van der Waals surface area contributed by atoms with Crippen LogP contribution in [-0.4, -0.2) is 34.7 Å². The van der Waals surface area contributed by atoms with Crippen molar-refractivity contribution in [3.8, 4) is 0 Å². The van der Waals surface area contributed by atoms with E-state index in [9.17, 15) is 4.79 Å². The maximum absolute atomic E-state index is 10.3. The summed E-state index contributed by atoms with van der Waals surface area (Å²) in [6, 6.07) is 0. The molecule has 0 aliphatic carbocycles. The average Bonchev–Trinajstić information content (AvgIpc) is 2.10. The number of nitrogens with zero attached hydrogens (tertiary/aromatic N) is 1. The van der Waals surface area contributed by atoms with Crippen LogP contribution in [0.3, 0.4) is 0 Å². The molecule has 1 N–H and O–H groups in total. The van der Waals surface area contributed by atoms with Crippen LogP contribution in [0, 0.1) is 6.54 Å². The van der Waals surface area contributed by atoms with E-state index in [1.807, 2.05) is 17.8 Å². The van der Waals surface area contributed by atoms with Gasteiger partial charge in [-0.1, -0.05) is 12.5 Å². The molecule has 0 aromatic heterocycles.